The van der Waals surface area contributed by atoms with Crippen LogP contribution in [0.25, 0.3) is 0 Å². The standard InChI is InChI=1S/C45H74O35/c1-2-3-66-10-17-38-24(58)31(65)45(73-17)79-37-16(9-51)71-43(29(63)22(37)56)77-35-14(7-49)69-41(27(61)20(35)54)75-33-12(5-47)67-39(25(59)18(33)52)74-32-11(4-46)68-40(26(60)19(32)53)76-34-13(6-48)70-42(28(62)21(34)55)78-36-15(8-50)72-44(80-38)30(64)23(36)57/h2,11-65H,1,3-10H2/t11-,12-,13-,14-,15-,16-,17-,18-,19-,20-,21-,22+,23-,24-,25-,26-,27+,28-,29-,30-,31-,32-,33-,34-,35-,36-,37-,38-,39-,40-,41-,42-,43-,44-,45-/m1/s1. The van der Waals surface area contributed by atoms with Gasteiger partial charge in [0.25, 0.3) is 0 Å². The van der Waals surface area contributed by atoms with E-state index in [2.05, 4.69) is 6.58 Å². The molecule has 0 aliphatic carbocycles. The number of rotatable bonds is 10. The zero-order valence-electron chi connectivity index (χ0n) is 42.2. The third-order valence-electron chi connectivity index (χ3n) is 15.1. The first-order chi connectivity index (χ1) is 38.2. The van der Waals surface area contributed by atoms with Crippen molar-refractivity contribution >= 4 is 0 Å². The van der Waals surface area contributed by atoms with Crippen LogP contribution in [0.4, 0.5) is 0 Å². The number of hydrogen-bond acceptors (Lipinski definition) is 35. The highest BCUT2D eigenvalue weighted by Crippen LogP contribution is 2.39. The highest BCUT2D eigenvalue weighted by atomic mass is 16.8. The molecular formula is C45H74O35. The first-order valence-corrected chi connectivity index (χ1v) is 25.7. The zero-order valence-corrected chi connectivity index (χ0v) is 42.2. The van der Waals surface area contributed by atoms with Crippen LogP contribution in [0.2, 0.25) is 0 Å². The molecule has 21 heterocycles. The van der Waals surface area contributed by atoms with Crippen LogP contribution in [-0.2, 0) is 71.1 Å². The topological polar surface area (TPSA) is 543 Å². The van der Waals surface area contributed by atoms with E-state index in [1.807, 2.05) is 0 Å². The minimum Gasteiger partial charge on any atom is -0.394 e. The SMILES string of the molecule is C=CCOC[C@H]1O[C@@H]2O[C@H]3[C@@H](O)[C@@H](O)[C@@H](O[C@H]4[C@H](O)[C@H](O)[C@@H](O[C@H]5[C@H](O)[C@@H](O)[C@@H](O[C@H]6[C@H](O)[C@@H](O)[C@@H](O[C@H]7[C@H](O)[C@@H](O)[C@@H](O[C@H]8[C@H](O)[C@@H](O)[C@@H](O[C@H]1[C@H](O)[C@H]2O)O[C@@H]8CO)O[C@@H]7CO)O[C@@H]6CO)O[C@@H]5CO)O[C@@H]4CO)O[C@@H]3CO. The van der Waals surface area contributed by atoms with Crippen molar-refractivity contribution in [2.45, 2.75) is 215 Å². The molecule has 35 atom stereocenters. The van der Waals surface area contributed by atoms with Crippen LogP contribution in [0.5, 0.6) is 0 Å². The van der Waals surface area contributed by atoms with E-state index in [1.54, 1.807) is 0 Å². The molecule has 0 spiro atoms. The molecule has 21 aliphatic heterocycles. The molecule has 35 nitrogen and oxygen atoms in total. The van der Waals surface area contributed by atoms with Crippen LogP contribution in [0.3, 0.4) is 0 Å². The van der Waals surface area contributed by atoms with Gasteiger partial charge in [-0.3, -0.25) is 0 Å². The molecule has 80 heavy (non-hydrogen) atoms. The number of aliphatic hydroxyl groups excluding tert-OH is 20. The fourth-order valence-corrected chi connectivity index (χ4v) is 10.7. The third kappa shape index (κ3) is 12.9. The number of aliphatic hydroxyl groups is 20. The Morgan fingerprint density at radius 1 is 0.250 bits per heavy atom. The molecule has 0 aromatic heterocycles. The molecule has 20 N–H and O–H groups in total. The summed E-state index contributed by atoms with van der Waals surface area (Å²) in [6.07, 6.45) is -68.2. The lowest BCUT2D eigenvalue weighted by atomic mass is 9.95. The Hall–Kier alpha value is -1.66. The maximum atomic E-state index is 11.6. The molecule has 0 saturated carbocycles. The predicted molar refractivity (Wildman–Crippen MR) is 242 cm³/mol. The summed E-state index contributed by atoms with van der Waals surface area (Å²) in [4.78, 5) is 0. The molecule has 464 valence electrons. The van der Waals surface area contributed by atoms with E-state index in [1.165, 1.54) is 6.08 Å². The van der Waals surface area contributed by atoms with E-state index in [4.69, 9.17) is 71.1 Å². The van der Waals surface area contributed by atoms with Crippen molar-refractivity contribution in [3.05, 3.63) is 12.7 Å². The average molecular weight is 1180 g/mol. The molecule has 21 rings (SSSR count). The summed E-state index contributed by atoms with van der Waals surface area (Å²) in [6, 6.07) is 0. The van der Waals surface area contributed by atoms with Gasteiger partial charge in [0.05, 0.1) is 52.9 Å². The van der Waals surface area contributed by atoms with Crippen molar-refractivity contribution in [1.82, 2.24) is 0 Å². The molecule has 21 saturated heterocycles. The minimum absolute atomic E-state index is 0.137. The molecule has 14 bridgehead atoms. The molecule has 0 radical (unpaired) electrons. The van der Waals surface area contributed by atoms with Crippen molar-refractivity contribution in [2.24, 2.45) is 0 Å². The highest BCUT2D eigenvalue weighted by molar-refractivity contribution is 5.02. The van der Waals surface area contributed by atoms with Gasteiger partial charge in [0.1, 0.15) is 171 Å². The van der Waals surface area contributed by atoms with E-state index >= 15 is 0 Å². The highest BCUT2D eigenvalue weighted by Gasteiger charge is 2.59. The van der Waals surface area contributed by atoms with E-state index in [0.29, 0.717) is 0 Å². The molecule has 35 heteroatoms. The van der Waals surface area contributed by atoms with Crippen molar-refractivity contribution in [3.63, 3.8) is 0 Å². The smallest absolute Gasteiger partial charge is 0.187 e. The van der Waals surface area contributed by atoms with Gasteiger partial charge in [-0.25, -0.2) is 0 Å². The molecule has 21 aliphatic rings. The zero-order chi connectivity index (χ0) is 58.2. The first kappa shape index (κ1) is 64.3. The summed E-state index contributed by atoms with van der Waals surface area (Å²) in [7, 11) is 0. The lowest BCUT2D eigenvalue weighted by Crippen LogP contribution is -2.68. The second kappa shape index (κ2) is 27.8. The van der Waals surface area contributed by atoms with Crippen LogP contribution in [0.15, 0.2) is 12.7 Å². The van der Waals surface area contributed by atoms with Crippen molar-refractivity contribution in [2.75, 3.05) is 52.9 Å². The van der Waals surface area contributed by atoms with Gasteiger partial charge in [-0.15, -0.1) is 6.58 Å². The van der Waals surface area contributed by atoms with Crippen molar-refractivity contribution in [1.29, 1.82) is 0 Å². The van der Waals surface area contributed by atoms with Gasteiger partial charge in [-0.2, -0.15) is 0 Å². The number of hydrogen-bond donors (Lipinski definition) is 20. The Bertz CT molecular complexity index is 1900. The van der Waals surface area contributed by atoms with E-state index in [9.17, 15) is 102 Å². The maximum absolute atomic E-state index is 11.6. The second-order valence-corrected chi connectivity index (χ2v) is 20.3. The molecule has 21 fully saturated rings. The van der Waals surface area contributed by atoms with Crippen LogP contribution < -0.4 is 0 Å². The van der Waals surface area contributed by atoms with Gasteiger partial charge < -0.3 is 173 Å². The fraction of sp³-hybridized carbons (Fsp3) is 0.956. The van der Waals surface area contributed by atoms with Gasteiger partial charge >= 0.3 is 0 Å². The van der Waals surface area contributed by atoms with E-state index in [-0.39, 0.29) is 6.61 Å². The summed E-state index contributed by atoms with van der Waals surface area (Å²) in [5.74, 6) is 0. The normalized spacial score (nSPS) is 53.7. The summed E-state index contributed by atoms with van der Waals surface area (Å²) < 4.78 is 86.1. The summed E-state index contributed by atoms with van der Waals surface area (Å²) in [5, 5.41) is 222. The summed E-state index contributed by atoms with van der Waals surface area (Å²) in [6.45, 7) is -3.33. The van der Waals surface area contributed by atoms with E-state index in [0.717, 1.165) is 0 Å². The van der Waals surface area contributed by atoms with Gasteiger partial charge in [0, 0.05) is 0 Å². The lowest BCUT2D eigenvalue weighted by molar-refractivity contribution is -0.396. The Morgan fingerprint density at radius 2 is 0.412 bits per heavy atom. The number of ether oxygens (including phenoxy) is 15. The molecule has 0 amide bonds. The quantitative estimate of drug-likeness (QED) is 0.0713. The van der Waals surface area contributed by atoms with Crippen LogP contribution in [0.1, 0.15) is 0 Å². The van der Waals surface area contributed by atoms with Gasteiger partial charge in [-0.1, -0.05) is 6.08 Å². The van der Waals surface area contributed by atoms with Crippen molar-refractivity contribution in [3.8, 4) is 0 Å². The minimum atomic E-state index is -2.21. The van der Waals surface area contributed by atoms with Crippen LogP contribution >= 0.6 is 0 Å². The monoisotopic (exact) mass is 1170 g/mol. The third-order valence-corrected chi connectivity index (χ3v) is 15.1. The predicted octanol–water partition coefficient (Wildman–Crippen LogP) is -14.0. The van der Waals surface area contributed by atoms with Crippen LogP contribution in [-0.4, -0.2) is 370 Å². The largest absolute Gasteiger partial charge is 0.394 e. The Kier molecular flexibility index (Phi) is 22.4. The van der Waals surface area contributed by atoms with Gasteiger partial charge in [0.2, 0.25) is 0 Å². The second-order valence-electron chi connectivity index (χ2n) is 20.3. The molecule has 0 aromatic carbocycles. The van der Waals surface area contributed by atoms with Gasteiger partial charge in [0.15, 0.2) is 44.0 Å². The molecular weight excluding hydrogens is 1100 g/mol. The first-order valence-electron chi connectivity index (χ1n) is 25.7. The van der Waals surface area contributed by atoms with Crippen LogP contribution in [0, 0.1) is 0 Å². The Labute approximate surface area is 453 Å². The maximum Gasteiger partial charge on any atom is 0.187 e. The summed E-state index contributed by atoms with van der Waals surface area (Å²) in [5.41, 5.74) is 0. The van der Waals surface area contributed by atoms with Gasteiger partial charge in [-0.05, 0) is 0 Å². The summed E-state index contributed by atoms with van der Waals surface area (Å²) >= 11 is 0. The Balaban J connectivity index is 1.09. The lowest BCUT2D eigenvalue weighted by Gasteiger charge is -2.50. The average Bonchev–Trinajstić information content (AvgIpc) is 3.50. The van der Waals surface area contributed by atoms with Crippen molar-refractivity contribution < 1.29 is 173 Å². The fourth-order valence-electron chi connectivity index (χ4n) is 10.7. The molecule has 0 aromatic rings. The molecule has 0 unspecified atom stereocenters. The Morgan fingerprint density at radius 3 is 0.575 bits per heavy atom. The van der Waals surface area contributed by atoms with E-state index < -0.39 is 261 Å².